The highest BCUT2D eigenvalue weighted by Gasteiger charge is 2.64. The Bertz CT molecular complexity index is 3960. The largest absolute Gasteiger partial charge is 0.475 e. The number of phosphoric ester groups is 4. The van der Waals surface area contributed by atoms with Crippen LogP contribution in [0.3, 0.4) is 0 Å². The van der Waals surface area contributed by atoms with Gasteiger partial charge in [-0.2, -0.15) is 0 Å². The Hall–Kier alpha value is -8.42. The lowest BCUT2D eigenvalue weighted by atomic mass is 9.84. The normalized spacial score (nSPS) is 17.2. The molecule has 11 rings (SSSR count). The van der Waals surface area contributed by atoms with E-state index in [-0.39, 0.29) is 11.1 Å². The molecule has 1 fully saturated rings. The zero-order valence-electron chi connectivity index (χ0n) is 53.9. The molecule has 0 N–H and O–H groups in total. The van der Waals surface area contributed by atoms with Crippen molar-refractivity contribution < 1.29 is 91.6 Å². The second-order valence-corrected chi connectivity index (χ2v) is 29.1. The molecule has 1 saturated carbocycles. The van der Waals surface area contributed by atoms with Crippen molar-refractivity contribution in [3.63, 3.8) is 0 Å². The fourth-order valence-corrected chi connectivity index (χ4v) is 15.6. The maximum Gasteiger partial charge on any atom is 0.475 e. The van der Waals surface area contributed by atoms with Gasteiger partial charge in [0.2, 0.25) is 0 Å². The molecule has 0 aliphatic heterocycles. The van der Waals surface area contributed by atoms with Crippen molar-refractivity contribution in [1.29, 1.82) is 0 Å². The Labute approximate surface area is 580 Å². The lowest BCUT2D eigenvalue weighted by molar-refractivity contribution is -0.214. The van der Waals surface area contributed by atoms with Gasteiger partial charge in [-0.3, -0.25) is 54.3 Å². The van der Waals surface area contributed by atoms with Gasteiger partial charge in [0.1, 0.15) is 24.4 Å². The van der Waals surface area contributed by atoms with Crippen LogP contribution in [0.15, 0.2) is 303 Å². The minimum atomic E-state index is -5.39. The molecule has 20 nitrogen and oxygen atoms in total. The van der Waals surface area contributed by atoms with Crippen LogP contribution in [0.4, 0.5) is 0 Å². The Balaban J connectivity index is 1.17. The lowest BCUT2D eigenvalue weighted by Crippen LogP contribution is -2.67. The maximum absolute atomic E-state index is 16.6. The summed E-state index contributed by atoms with van der Waals surface area (Å²) in [6.07, 6.45) is -14.4. The van der Waals surface area contributed by atoms with E-state index in [2.05, 4.69) is 0 Å². The van der Waals surface area contributed by atoms with Gasteiger partial charge in [-0.05, 0) is 68.8 Å². The van der Waals surface area contributed by atoms with Gasteiger partial charge in [0.05, 0.1) is 64.0 Å². The van der Waals surface area contributed by atoms with Crippen LogP contribution in [-0.2, 0) is 135 Å². The van der Waals surface area contributed by atoms with E-state index >= 15 is 27.8 Å². The van der Waals surface area contributed by atoms with E-state index in [1.807, 2.05) is 0 Å². The molecule has 0 bridgehead atoms. The molecule has 1 aliphatic rings. The Kier molecular flexibility index (Phi) is 26.4. The summed E-state index contributed by atoms with van der Waals surface area (Å²) in [6, 6.07) is 83.8. The van der Waals surface area contributed by atoms with Crippen molar-refractivity contribution >= 4 is 43.2 Å². The van der Waals surface area contributed by atoms with Crippen LogP contribution in [0.1, 0.15) is 65.2 Å². The minimum absolute atomic E-state index is 0.0995. The molecule has 10 aromatic rings. The average molecular weight is 1430 g/mol. The number of hydrogen-bond donors (Lipinski definition) is 0. The van der Waals surface area contributed by atoms with E-state index in [4.69, 9.17) is 63.8 Å². The second-order valence-electron chi connectivity index (χ2n) is 22.6. The number of rotatable bonds is 36. The van der Waals surface area contributed by atoms with Crippen molar-refractivity contribution in [3.05, 3.63) is 359 Å². The summed E-state index contributed by atoms with van der Waals surface area (Å²) in [4.78, 5) is 30.8. The molecule has 0 heterocycles. The monoisotopic (exact) mass is 1430 g/mol. The van der Waals surface area contributed by atoms with Gasteiger partial charge in [0.15, 0.2) is 12.2 Å². The Morgan fingerprint density at radius 3 is 0.520 bits per heavy atom. The van der Waals surface area contributed by atoms with Crippen LogP contribution in [0.25, 0.3) is 0 Å². The zero-order valence-corrected chi connectivity index (χ0v) is 57.5. The number of phosphoric acid groups is 4. The second kappa shape index (κ2) is 36.3. The molecule has 2 unspecified atom stereocenters. The summed E-state index contributed by atoms with van der Waals surface area (Å²) in [5.41, 5.74) is 3.60. The average Bonchev–Trinajstić information content (AvgIpc) is 0.738. The van der Waals surface area contributed by atoms with Crippen LogP contribution in [0, 0.1) is 0 Å². The number of esters is 2. The van der Waals surface area contributed by atoms with E-state index in [1.54, 1.807) is 279 Å². The smallest absolute Gasteiger partial charge is 0.453 e. The molecule has 10 aromatic carbocycles. The van der Waals surface area contributed by atoms with Gasteiger partial charge < -0.3 is 9.47 Å². The van der Waals surface area contributed by atoms with Gasteiger partial charge >= 0.3 is 43.2 Å². The summed E-state index contributed by atoms with van der Waals surface area (Å²) < 4.78 is 158. The Morgan fingerprint density at radius 2 is 0.350 bits per heavy atom. The van der Waals surface area contributed by atoms with E-state index in [0.717, 1.165) is 0 Å². The molecular weight excluding hydrogens is 1360 g/mol. The molecule has 1 aliphatic carbocycles. The van der Waals surface area contributed by atoms with E-state index in [0.29, 0.717) is 44.5 Å². The maximum atomic E-state index is 16.6. The zero-order chi connectivity index (χ0) is 69.3. The van der Waals surface area contributed by atoms with Crippen molar-refractivity contribution in [1.82, 2.24) is 0 Å². The third kappa shape index (κ3) is 21.8. The first-order chi connectivity index (χ1) is 48.8. The lowest BCUT2D eigenvalue weighted by Gasteiger charge is -2.49. The first-order valence-electron chi connectivity index (χ1n) is 31.9. The summed E-state index contributed by atoms with van der Waals surface area (Å²) in [5, 5.41) is 0. The molecule has 0 radical (unpaired) electrons. The fraction of sp³-hybridized carbons (Fsp3) is 0.184. The molecule has 0 saturated heterocycles. The summed E-state index contributed by atoms with van der Waals surface area (Å²) in [7, 11) is -21.5. The van der Waals surface area contributed by atoms with Crippen LogP contribution in [-0.4, -0.2) is 48.6 Å². The van der Waals surface area contributed by atoms with Gasteiger partial charge in [-0.15, -0.1) is 0 Å². The SMILES string of the molecule is O=C(O[C@@H]1C(OP(=O)(OCc2ccccc2)OCc2ccccc2)[C@H](OC(=O)c2ccccc2)[C@@H](OP(=O)(OCc2ccccc2)OCc2ccccc2)C(OP(=O)(OCc2ccccc2)OCc2ccccc2)[C@@H]1OP(=O)(OCc1ccccc1)OCc1ccccc1)c1ccccc1. The van der Waals surface area contributed by atoms with Crippen molar-refractivity contribution in [3.8, 4) is 0 Å². The predicted octanol–water partition coefficient (Wildman–Crippen LogP) is 18.2. The van der Waals surface area contributed by atoms with Crippen LogP contribution < -0.4 is 0 Å². The van der Waals surface area contributed by atoms with Crippen molar-refractivity contribution in [2.75, 3.05) is 0 Å². The van der Waals surface area contributed by atoms with Crippen LogP contribution >= 0.6 is 31.3 Å². The number of carbonyl (C=O) groups excluding carboxylic acids is 2. The van der Waals surface area contributed by atoms with Crippen molar-refractivity contribution in [2.45, 2.75) is 89.5 Å². The topological polar surface area (TPSA) is 232 Å². The molecule has 0 amide bonds. The first-order valence-corrected chi connectivity index (χ1v) is 37.7. The highest BCUT2D eigenvalue weighted by atomic mass is 31.2. The summed E-state index contributed by atoms with van der Waals surface area (Å²) >= 11 is 0. The third-order valence-electron chi connectivity index (χ3n) is 15.3. The molecular formula is C76H72O20P4. The van der Waals surface area contributed by atoms with Gasteiger partial charge in [-0.1, -0.05) is 279 Å². The van der Waals surface area contributed by atoms with Gasteiger partial charge in [0.25, 0.3) is 0 Å². The number of hydrogen-bond acceptors (Lipinski definition) is 20. The standard InChI is InChI=1S/C76H72O20P4/c77-75(67-47-27-9-28-48-67)91-69-71(93-97(79,83-51-59-31-11-1-12-32-59)84-52-60-33-13-2-14-34-60)70(92-76(78)68-49-29-10-30-50-68)73(95-99(81,87-55-63-39-19-5-20-40-63)88-56-64-41-21-6-22-42-64)74(96-100(82,89-57-65-43-23-7-24-44-65)90-58-66-45-25-8-26-46-66)72(69)94-98(80,85-53-61-35-15-3-16-36-61)86-54-62-37-17-4-18-38-62/h1-50,69-74H,51-58H2/t69-,70+,71?,72-,73-,74?/m1/s1. The fourth-order valence-electron chi connectivity index (χ4n) is 10.2. The van der Waals surface area contributed by atoms with E-state index in [9.17, 15) is 0 Å². The predicted molar refractivity (Wildman–Crippen MR) is 371 cm³/mol. The molecule has 516 valence electrons. The summed E-state index contributed by atoms with van der Waals surface area (Å²) in [5.74, 6) is -2.30. The molecule has 24 heteroatoms. The quantitative estimate of drug-likeness (QED) is 0.0262. The number of ether oxygens (including phenoxy) is 2. The molecule has 100 heavy (non-hydrogen) atoms. The highest BCUT2D eigenvalue weighted by molar-refractivity contribution is 7.49. The number of benzene rings is 10. The molecule has 0 spiro atoms. The minimum Gasteiger partial charge on any atom is -0.453 e. The van der Waals surface area contributed by atoms with Gasteiger partial charge in [-0.25, -0.2) is 27.8 Å². The van der Waals surface area contributed by atoms with Crippen LogP contribution in [0.5, 0.6) is 0 Å². The van der Waals surface area contributed by atoms with E-state index in [1.165, 1.54) is 24.3 Å². The van der Waals surface area contributed by atoms with Crippen LogP contribution in [0.2, 0.25) is 0 Å². The van der Waals surface area contributed by atoms with E-state index < -0.39 is 133 Å². The Morgan fingerprint density at radius 1 is 0.210 bits per heavy atom. The molecule has 6 atom stereocenters. The van der Waals surface area contributed by atoms with Gasteiger partial charge in [0, 0.05) is 0 Å². The summed E-state index contributed by atoms with van der Waals surface area (Å²) in [6.45, 7) is -3.74. The third-order valence-corrected chi connectivity index (χ3v) is 20.9. The van der Waals surface area contributed by atoms with Crippen molar-refractivity contribution in [2.24, 2.45) is 0 Å². The highest BCUT2D eigenvalue weighted by Crippen LogP contribution is 2.63. The number of carbonyl (C=O) groups is 2. The first kappa shape index (κ1) is 72.8. The molecule has 0 aromatic heterocycles.